The van der Waals surface area contributed by atoms with Crippen LogP contribution in [0, 0.1) is 0 Å². The van der Waals surface area contributed by atoms with Crippen molar-refractivity contribution in [2.24, 2.45) is 0 Å². The van der Waals surface area contributed by atoms with E-state index in [1.807, 2.05) is 79.7 Å². The Morgan fingerprint density at radius 3 is 2.40 bits per heavy atom. The number of rotatable bonds is 5. The summed E-state index contributed by atoms with van der Waals surface area (Å²) in [6.07, 6.45) is 1.52. The standard InChI is InChI=1S/C20H20N4O/c1-24(2)18-10-8-16(9-11-18)20(25)21-13-17-12-19(23-14-22-17)15-6-4-3-5-7-15/h3-12,14H,13H2,1-2H3,(H,21,25). The van der Waals surface area contributed by atoms with E-state index in [2.05, 4.69) is 15.3 Å². The molecule has 0 atom stereocenters. The average Bonchev–Trinajstić information content (AvgIpc) is 2.67. The lowest BCUT2D eigenvalue weighted by atomic mass is 10.1. The first-order valence-electron chi connectivity index (χ1n) is 8.05. The molecule has 3 rings (SSSR count). The predicted octanol–water partition coefficient (Wildman–Crippen LogP) is 3.14. The Balaban J connectivity index is 1.66. The van der Waals surface area contributed by atoms with Gasteiger partial charge in [-0.25, -0.2) is 9.97 Å². The monoisotopic (exact) mass is 332 g/mol. The number of aromatic nitrogens is 2. The minimum atomic E-state index is -0.120. The molecule has 1 amide bonds. The Hall–Kier alpha value is -3.21. The van der Waals surface area contributed by atoms with Gasteiger partial charge in [0, 0.05) is 30.9 Å². The van der Waals surface area contributed by atoms with Crippen LogP contribution in [0.3, 0.4) is 0 Å². The maximum atomic E-state index is 12.3. The van der Waals surface area contributed by atoms with Crippen LogP contribution in [0.4, 0.5) is 5.69 Å². The van der Waals surface area contributed by atoms with E-state index >= 15 is 0 Å². The van der Waals surface area contributed by atoms with E-state index in [0.717, 1.165) is 22.6 Å². The molecule has 3 aromatic rings. The molecule has 5 nitrogen and oxygen atoms in total. The summed E-state index contributed by atoms with van der Waals surface area (Å²) in [5, 5.41) is 2.90. The quantitative estimate of drug-likeness (QED) is 0.780. The number of hydrogen-bond donors (Lipinski definition) is 1. The van der Waals surface area contributed by atoms with Crippen LogP contribution >= 0.6 is 0 Å². The van der Waals surface area contributed by atoms with Crippen molar-refractivity contribution in [2.75, 3.05) is 19.0 Å². The highest BCUT2D eigenvalue weighted by Crippen LogP contribution is 2.16. The summed E-state index contributed by atoms with van der Waals surface area (Å²) in [5.74, 6) is -0.120. The molecule has 1 N–H and O–H groups in total. The predicted molar refractivity (Wildman–Crippen MR) is 99.4 cm³/mol. The molecular weight excluding hydrogens is 312 g/mol. The number of benzene rings is 2. The fourth-order valence-corrected chi connectivity index (χ4v) is 2.44. The zero-order chi connectivity index (χ0) is 17.6. The van der Waals surface area contributed by atoms with Gasteiger partial charge in [-0.15, -0.1) is 0 Å². The van der Waals surface area contributed by atoms with Gasteiger partial charge in [-0.05, 0) is 30.3 Å². The summed E-state index contributed by atoms with van der Waals surface area (Å²) in [5.41, 5.74) is 4.32. The number of carbonyl (C=O) groups excluding carboxylic acids is 1. The highest BCUT2D eigenvalue weighted by molar-refractivity contribution is 5.94. The molecule has 126 valence electrons. The van der Waals surface area contributed by atoms with Crippen molar-refractivity contribution >= 4 is 11.6 Å². The summed E-state index contributed by atoms with van der Waals surface area (Å²) < 4.78 is 0. The average molecular weight is 332 g/mol. The van der Waals surface area contributed by atoms with Crippen molar-refractivity contribution in [1.82, 2.24) is 15.3 Å². The summed E-state index contributed by atoms with van der Waals surface area (Å²) in [6.45, 7) is 0.358. The smallest absolute Gasteiger partial charge is 0.251 e. The van der Waals surface area contributed by atoms with Crippen molar-refractivity contribution in [3.63, 3.8) is 0 Å². The highest BCUT2D eigenvalue weighted by atomic mass is 16.1. The molecule has 2 aromatic carbocycles. The Morgan fingerprint density at radius 2 is 1.72 bits per heavy atom. The second kappa shape index (κ2) is 7.57. The summed E-state index contributed by atoms with van der Waals surface area (Å²) >= 11 is 0. The second-order valence-corrected chi connectivity index (χ2v) is 5.88. The van der Waals surface area contributed by atoms with Crippen LogP contribution in [0.15, 0.2) is 67.0 Å². The fraction of sp³-hybridized carbons (Fsp3) is 0.150. The SMILES string of the molecule is CN(C)c1ccc(C(=O)NCc2cc(-c3ccccc3)ncn2)cc1. The molecule has 0 radical (unpaired) electrons. The first-order chi connectivity index (χ1) is 12.1. The molecule has 0 aliphatic carbocycles. The molecule has 1 heterocycles. The molecule has 0 unspecified atom stereocenters. The van der Waals surface area contributed by atoms with Gasteiger partial charge in [0.15, 0.2) is 0 Å². The van der Waals surface area contributed by atoms with Crippen molar-refractivity contribution < 1.29 is 4.79 Å². The van der Waals surface area contributed by atoms with Gasteiger partial charge in [-0.2, -0.15) is 0 Å². The Morgan fingerprint density at radius 1 is 1.00 bits per heavy atom. The Bertz CT molecular complexity index is 845. The lowest BCUT2D eigenvalue weighted by Gasteiger charge is -2.12. The van der Waals surface area contributed by atoms with Crippen LogP contribution in [0.1, 0.15) is 16.1 Å². The largest absolute Gasteiger partial charge is 0.378 e. The molecule has 0 fully saturated rings. The first-order valence-corrected chi connectivity index (χ1v) is 8.05. The normalized spacial score (nSPS) is 10.3. The van der Waals surface area contributed by atoms with Gasteiger partial charge in [0.2, 0.25) is 0 Å². The van der Waals surface area contributed by atoms with Crippen LogP contribution in [0.25, 0.3) is 11.3 Å². The maximum absolute atomic E-state index is 12.3. The van der Waals surface area contributed by atoms with Gasteiger partial charge < -0.3 is 10.2 Å². The number of anilines is 1. The van der Waals surface area contributed by atoms with Gasteiger partial charge in [-0.3, -0.25) is 4.79 Å². The summed E-state index contributed by atoms with van der Waals surface area (Å²) in [4.78, 5) is 22.8. The summed E-state index contributed by atoms with van der Waals surface area (Å²) in [6, 6.07) is 19.3. The van der Waals surface area contributed by atoms with Gasteiger partial charge in [0.25, 0.3) is 5.91 Å². The van der Waals surface area contributed by atoms with E-state index in [-0.39, 0.29) is 5.91 Å². The second-order valence-electron chi connectivity index (χ2n) is 5.88. The number of amides is 1. The van der Waals surface area contributed by atoms with E-state index in [4.69, 9.17) is 0 Å². The van der Waals surface area contributed by atoms with Gasteiger partial charge in [0.05, 0.1) is 17.9 Å². The van der Waals surface area contributed by atoms with Crippen molar-refractivity contribution in [2.45, 2.75) is 6.54 Å². The highest BCUT2D eigenvalue weighted by Gasteiger charge is 2.07. The van der Waals surface area contributed by atoms with Crippen molar-refractivity contribution in [1.29, 1.82) is 0 Å². The minimum absolute atomic E-state index is 0.120. The molecule has 0 saturated heterocycles. The van der Waals surface area contributed by atoms with E-state index in [0.29, 0.717) is 12.1 Å². The van der Waals surface area contributed by atoms with Crippen LogP contribution in [-0.4, -0.2) is 30.0 Å². The minimum Gasteiger partial charge on any atom is -0.378 e. The van der Waals surface area contributed by atoms with Crippen LogP contribution in [0.2, 0.25) is 0 Å². The first kappa shape index (κ1) is 16.6. The van der Waals surface area contributed by atoms with Crippen molar-refractivity contribution in [3.8, 4) is 11.3 Å². The third-order valence-electron chi connectivity index (χ3n) is 3.87. The lowest BCUT2D eigenvalue weighted by molar-refractivity contribution is 0.0950. The molecule has 0 aliphatic rings. The molecule has 1 aromatic heterocycles. The topological polar surface area (TPSA) is 58.1 Å². The van der Waals surface area contributed by atoms with E-state index in [1.165, 1.54) is 6.33 Å². The molecule has 25 heavy (non-hydrogen) atoms. The third-order valence-corrected chi connectivity index (χ3v) is 3.87. The van der Waals surface area contributed by atoms with E-state index in [1.54, 1.807) is 0 Å². The number of carbonyl (C=O) groups is 1. The van der Waals surface area contributed by atoms with Gasteiger partial charge >= 0.3 is 0 Å². The zero-order valence-corrected chi connectivity index (χ0v) is 14.3. The molecule has 0 saturated carbocycles. The molecule has 0 spiro atoms. The molecule has 0 aliphatic heterocycles. The zero-order valence-electron chi connectivity index (χ0n) is 14.3. The fourth-order valence-electron chi connectivity index (χ4n) is 2.44. The van der Waals surface area contributed by atoms with E-state index < -0.39 is 0 Å². The Labute approximate surface area is 147 Å². The number of hydrogen-bond acceptors (Lipinski definition) is 4. The van der Waals surface area contributed by atoms with E-state index in [9.17, 15) is 4.79 Å². The number of nitrogens with one attached hydrogen (secondary N) is 1. The van der Waals surface area contributed by atoms with Gasteiger partial charge in [0.1, 0.15) is 6.33 Å². The summed E-state index contributed by atoms with van der Waals surface area (Å²) in [7, 11) is 3.93. The molecular formula is C20H20N4O. The molecule has 5 heteroatoms. The third kappa shape index (κ3) is 4.20. The number of nitrogens with zero attached hydrogens (tertiary/aromatic N) is 3. The van der Waals surface area contributed by atoms with Gasteiger partial charge in [-0.1, -0.05) is 30.3 Å². The van der Waals surface area contributed by atoms with Crippen LogP contribution in [0.5, 0.6) is 0 Å². The Kier molecular flexibility index (Phi) is 5.04. The molecule has 0 bridgehead atoms. The van der Waals surface area contributed by atoms with Crippen LogP contribution < -0.4 is 10.2 Å². The lowest BCUT2D eigenvalue weighted by Crippen LogP contribution is -2.23. The van der Waals surface area contributed by atoms with Crippen molar-refractivity contribution in [3.05, 3.63) is 78.2 Å². The van der Waals surface area contributed by atoms with Crippen LogP contribution in [-0.2, 0) is 6.54 Å². The maximum Gasteiger partial charge on any atom is 0.251 e.